The first-order valence-corrected chi connectivity index (χ1v) is 9.57. The van der Waals surface area contributed by atoms with Crippen molar-refractivity contribution in [3.8, 4) is 11.3 Å². The Morgan fingerprint density at radius 3 is 2.34 bits per heavy atom. The summed E-state index contributed by atoms with van der Waals surface area (Å²) < 4.78 is 0. The van der Waals surface area contributed by atoms with Gasteiger partial charge in [-0.1, -0.05) is 51.5 Å². The van der Waals surface area contributed by atoms with Crippen LogP contribution in [0.1, 0.15) is 43.9 Å². The number of hydrogen-bond acceptors (Lipinski definition) is 3. The Kier molecular flexibility index (Phi) is 9.94. The molecule has 1 radical (unpaired) electrons. The zero-order valence-corrected chi connectivity index (χ0v) is 20.1. The molecule has 0 saturated carbocycles. The van der Waals surface area contributed by atoms with Crippen molar-refractivity contribution in [1.82, 2.24) is 4.98 Å². The van der Waals surface area contributed by atoms with Gasteiger partial charge in [-0.15, -0.1) is 34.9 Å². The van der Waals surface area contributed by atoms with Crippen LogP contribution in [0.3, 0.4) is 0 Å². The molecule has 0 aliphatic heterocycles. The van der Waals surface area contributed by atoms with Crippen molar-refractivity contribution < 1.29 is 30.0 Å². The summed E-state index contributed by atoms with van der Waals surface area (Å²) in [6.07, 6.45) is 3.44. The number of allylic oxidation sites excluding steroid dienone is 2. The second-order valence-electron chi connectivity index (χ2n) is 7.12. The molecule has 0 unspecified atom stereocenters. The Morgan fingerprint density at radius 2 is 1.79 bits per heavy atom. The van der Waals surface area contributed by atoms with Gasteiger partial charge in [-0.3, -0.25) is 9.78 Å². The van der Waals surface area contributed by atoms with Crippen LogP contribution in [0, 0.1) is 19.9 Å². The summed E-state index contributed by atoms with van der Waals surface area (Å²) in [5, 5.41) is 9.56. The molecular weight excluding hydrogens is 538 g/mol. The predicted octanol–water partition coefficient (Wildman–Crippen LogP) is 6.31. The second kappa shape index (κ2) is 11.6. The minimum Gasteiger partial charge on any atom is -0.512 e. The van der Waals surface area contributed by atoms with Gasteiger partial charge in [0.05, 0.1) is 11.3 Å². The third kappa shape index (κ3) is 7.92. The Bertz CT molecular complexity index is 985. The van der Waals surface area contributed by atoms with E-state index in [2.05, 4.69) is 69.3 Å². The van der Waals surface area contributed by atoms with Crippen LogP contribution in [0.5, 0.6) is 0 Å². The fraction of sp³-hybridized carbons (Fsp3) is 0.280. The number of aliphatic hydroxyl groups is 1. The van der Waals surface area contributed by atoms with E-state index in [1.807, 2.05) is 0 Å². The molecule has 0 amide bonds. The number of aromatic nitrogens is 1. The van der Waals surface area contributed by atoms with Gasteiger partial charge in [-0.2, -0.15) is 0 Å². The van der Waals surface area contributed by atoms with Crippen LogP contribution in [0.25, 0.3) is 22.2 Å². The van der Waals surface area contributed by atoms with E-state index >= 15 is 0 Å². The third-order valence-corrected chi connectivity index (χ3v) is 4.13. The van der Waals surface area contributed by atoms with Crippen LogP contribution in [-0.2, 0) is 31.3 Å². The average Bonchev–Trinajstić information content (AvgIpc) is 2.60. The number of pyridine rings is 1. The summed E-state index contributed by atoms with van der Waals surface area (Å²) >= 11 is 0. The van der Waals surface area contributed by atoms with Crippen LogP contribution in [-0.4, -0.2) is 15.9 Å². The van der Waals surface area contributed by atoms with Crippen molar-refractivity contribution in [1.29, 1.82) is 0 Å². The van der Waals surface area contributed by atoms with E-state index in [-0.39, 0.29) is 31.6 Å². The fourth-order valence-corrected chi connectivity index (χ4v) is 3.08. The van der Waals surface area contributed by atoms with Gasteiger partial charge in [0.25, 0.3) is 0 Å². The van der Waals surface area contributed by atoms with Crippen LogP contribution in [0.4, 0.5) is 0 Å². The smallest absolute Gasteiger partial charge is 0.155 e. The number of ketones is 1. The van der Waals surface area contributed by atoms with E-state index in [9.17, 15) is 4.79 Å². The number of carbonyl (C=O) groups excluding carboxylic acids is 1. The first-order valence-electron chi connectivity index (χ1n) is 9.57. The number of aryl methyl sites for hydroxylation is 3. The number of hydrogen-bond donors (Lipinski definition) is 1. The van der Waals surface area contributed by atoms with E-state index in [1.165, 1.54) is 36.4 Å². The summed E-state index contributed by atoms with van der Waals surface area (Å²) in [7, 11) is 0. The monoisotopic (exact) mass is 567 g/mol. The molecule has 1 N–H and O–H groups in total. The third-order valence-electron chi connectivity index (χ3n) is 4.13. The molecule has 0 spiro atoms. The molecule has 1 aromatic heterocycles. The van der Waals surface area contributed by atoms with Gasteiger partial charge >= 0.3 is 0 Å². The fourth-order valence-electron chi connectivity index (χ4n) is 3.08. The van der Waals surface area contributed by atoms with Crippen molar-refractivity contribution in [2.75, 3.05) is 0 Å². The maximum Gasteiger partial charge on any atom is 0.155 e. The Hall–Kier alpha value is -2.29. The van der Waals surface area contributed by atoms with Gasteiger partial charge in [-0.25, -0.2) is 0 Å². The predicted molar refractivity (Wildman–Crippen MR) is 117 cm³/mol. The maximum absolute atomic E-state index is 10.0. The van der Waals surface area contributed by atoms with E-state index < -0.39 is 0 Å². The molecule has 1 heterocycles. The molecule has 4 heteroatoms. The van der Waals surface area contributed by atoms with Gasteiger partial charge in [0.1, 0.15) is 0 Å². The van der Waals surface area contributed by atoms with E-state index in [1.54, 1.807) is 0 Å². The molecule has 0 atom stereocenters. The van der Waals surface area contributed by atoms with Crippen LogP contribution in [0.2, 0.25) is 0 Å². The number of benzene rings is 2. The van der Waals surface area contributed by atoms with Crippen molar-refractivity contribution in [2.45, 2.75) is 47.5 Å². The second-order valence-corrected chi connectivity index (χ2v) is 7.12. The topological polar surface area (TPSA) is 50.2 Å². The minimum absolute atomic E-state index is 0. The zero-order valence-electron chi connectivity index (χ0n) is 17.7. The summed E-state index contributed by atoms with van der Waals surface area (Å²) in [6, 6.07) is 18.5. The first kappa shape index (κ1) is 24.7. The Balaban J connectivity index is 0.000000456. The van der Waals surface area contributed by atoms with Crippen molar-refractivity contribution in [3.63, 3.8) is 0 Å². The molecule has 0 aliphatic rings. The SMILES string of the molecule is CC(=O)/C=C(/C)O.CCCc1ccc2ccc(-c3[c-]c(C)cc(C)c3)nc2c1.[Ir]. The number of fused-ring (bicyclic) bond motifs is 1. The Morgan fingerprint density at radius 1 is 1.10 bits per heavy atom. The summed E-state index contributed by atoms with van der Waals surface area (Å²) in [6.45, 7) is 9.25. The van der Waals surface area contributed by atoms with Crippen LogP contribution >= 0.6 is 0 Å². The zero-order chi connectivity index (χ0) is 20.7. The van der Waals surface area contributed by atoms with Crippen LogP contribution < -0.4 is 0 Å². The number of rotatable bonds is 4. The number of aliphatic hydroxyl groups excluding tert-OH is 1. The normalized spacial score (nSPS) is 10.7. The summed E-state index contributed by atoms with van der Waals surface area (Å²) in [5.74, 6) is -0.0625. The Labute approximate surface area is 187 Å². The molecule has 0 bridgehead atoms. The van der Waals surface area contributed by atoms with Crippen LogP contribution in [0.15, 0.2) is 54.3 Å². The molecule has 0 saturated heterocycles. The van der Waals surface area contributed by atoms with Gasteiger partial charge in [0, 0.05) is 26.2 Å². The summed E-state index contributed by atoms with van der Waals surface area (Å²) in [4.78, 5) is 14.9. The standard InChI is InChI=1S/C20H20N.C5H8O2.Ir/c1-4-5-16-6-7-17-8-9-19(21-20(17)13-16)18-11-14(2)10-15(3)12-18;1-4(6)3-5(2)7;/h6-11,13H,4-5H2,1-3H3;3,6H,1-2H3;/q-1;;/b;4-3-;. The molecule has 155 valence electrons. The van der Waals surface area contributed by atoms with E-state index in [4.69, 9.17) is 10.1 Å². The van der Waals surface area contributed by atoms with Crippen molar-refractivity contribution in [2.24, 2.45) is 0 Å². The van der Waals surface area contributed by atoms with Gasteiger partial charge in [0.2, 0.25) is 0 Å². The van der Waals surface area contributed by atoms with Crippen molar-refractivity contribution in [3.05, 3.63) is 77.1 Å². The first-order chi connectivity index (χ1) is 13.3. The molecule has 3 aromatic rings. The molecule has 2 aromatic carbocycles. The minimum atomic E-state index is -0.125. The van der Waals surface area contributed by atoms with Gasteiger partial charge < -0.3 is 5.11 Å². The maximum atomic E-state index is 10.0. The molecule has 29 heavy (non-hydrogen) atoms. The quantitative estimate of drug-likeness (QED) is 0.229. The largest absolute Gasteiger partial charge is 0.512 e. The molecule has 3 nitrogen and oxygen atoms in total. The average molecular weight is 567 g/mol. The van der Waals surface area contributed by atoms with Crippen molar-refractivity contribution >= 4 is 16.7 Å². The van der Waals surface area contributed by atoms with Gasteiger partial charge in [-0.05, 0) is 43.0 Å². The number of carbonyl (C=O) groups is 1. The molecule has 0 aliphatic carbocycles. The van der Waals surface area contributed by atoms with E-state index in [0.717, 1.165) is 35.2 Å². The molecular formula is C25H28IrNO2-. The summed E-state index contributed by atoms with van der Waals surface area (Å²) in [5.41, 5.74) is 6.93. The van der Waals surface area contributed by atoms with Gasteiger partial charge in [0.15, 0.2) is 5.78 Å². The number of nitrogens with zero attached hydrogens (tertiary/aromatic N) is 1. The molecule has 3 rings (SSSR count). The van der Waals surface area contributed by atoms with E-state index in [0.29, 0.717) is 0 Å². The molecule has 0 fully saturated rings.